The van der Waals surface area contributed by atoms with E-state index in [1.54, 1.807) is 0 Å². The van der Waals surface area contributed by atoms with Crippen LogP contribution in [0.5, 0.6) is 0 Å². The van der Waals surface area contributed by atoms with Crippen LogP contribution in [-0.4, -0.2) is 19.1 Å². The van der Waals surface area contributed by atoms with Gasteiger partial charge in [-0.15, -0.1) is 0 Å². The van der Waals surface area contributed by atoms with Crippen molar-refractivity contribution in [2.45, 2.75) is 33.7 Å². The first-order valence-electron chi connectivity index (χ1n) is 6.13. The van der Waals surface area contributed by atoms with E-state index in [0.29, 0.717) is 12.0 Å². The molecule has 0 aliphatic rings. The molecule has 0 spiro atoms. The lowest BCUT2D eigenvalue weighted by Crippen LogP contribution is -2.40. The Bertz CT molecular complexity index is 322. The molecule has 0 bridgehead atoms. The van der Waals surface area contributed by atoms with Gasteiger partial charge < -0.3 is 10.6 Å². The van der Waals surface area contributed by atoms with Crippen LogP contribution in [0.4, 0.5) is 5.69 Å². The van der Waals surface area contributed by atoms with Crippen molar-refractivity contribution in [1.82, 2.24) is 0 Å². The van der Waals surface area contributed by atoms with Crippen LogP contribution < -0.4 is 10.6 Å². The predicted octanol–water partition coefficient (Wildman–Crippen LogP) is 2.80. The molecule has 2 unspecified atom stereocenters. The van der Waals surface area contributed by atoms with E-state index in [9.17, 15) is 0 Å². The van der Waals surface area contributed by atoms with Gasteiger partial charge in [0, 0.05) is 18.3 Å². The number of aryl methyl sites for hydroxylation is 1. The van der Waals surface area contributed by atoms with Gasteiger partial charge in [0.05, 0.1) is 0 Å². The Morgan fingerprint density at radius 2 is 2.00 bits per heavy atom. The molecule has 0 heterocycles. The van der Waals surface area contributed by atoms with Crippen molar-refractivity contribution in [1.29, 1.82) is 0 Å². The van der Waals surface area contributed by atoms with Crippen LogP contribution in [0.1, 0.15) is 26.3 Å². The summed E-state index contributed by atoms with van der Waals surface area (Å²) in [6.45, 7) is 10.6. The van der Waals surface area contributed by atoms with Crippen molar-refractivity contribution in [2.75, 3.05) is 18.0 Å². The number of nitrogens with zero attached hydrogens (tertiary/aromatic N) is 1. The lowest BCUT2D eigenvalue weighted by molar-refractivity contribution is 0.463. The van der Waals surface area contributed by atoms with Gasteiger partial charge in [0.25, 0.3) is 0 Å². The van der Waals surface area contributed by atoms with Crippen molar-refractivity contribution >= 4 is 5.69 Å². The van der Waals surface area contributed by atoms with Crippen molar-refractivity contribution < 1.29 is 0 Å². The van der Waals surface area contributed by atoms with Gasteiger partial charge in [-0.25, -0.2) is 0 Å². The summed E-state index contributed by atoms with van der Waals surface area (Å²) >= 11 is 0. The Kier molecular flexibility index (Phi) is 4.81. The average molecular weight is 220 g/mol. The molecule has 0 aliphatic carbocycles. The molecule has 0 amide bonds. The summed E-state index contributed by atoms with van der Waals surface area (Å²) in [6.07, 6.45) is 0. The highest BCUT2D eigenvalue weighted by atomic mass is 15.2. The Balaban J connectivity index is 2.89. The van der Waals surface area contributed by atoms with E-state index < -0.39 is 0 Å². The van der Waals surface area contributed by atoms with Gasteiger partial charge in [-0.3, -0.25) is 0 Å². The Morgan fingerprint density at radius 1 is 1.31 bits per heavy atom. The van der Waals surface area contributed by atoms with E-state index >= 15 is 0 Å². The molecule has 0 fully saturated rings. The summed E-state index contributed by atoms with van der Waals surface area (Å²) in [7, 11) is 0. The summed E-state index contributed by atoms with van der Waals surface area (Å²) < 4.78 is 0. The minimum absolute atomic E-state index is 0.483. The molecule has 0 aliphatic heterocycles. The summed E-state index contributed by atoms with van der Waals surface area (Å²) in [5, 5.41) is 0. The first-order valence-corrected chi connectivity index (χ1v) is 6.13. The molecule has 1 aromatic rings. The second-order valence-electron chi connectivity index (χ2n) is 4.58. The molecule has 2 N–H and O–H groups in total. The van der Waals surface area contributed by atoms with Gasteiger partial charge in [0.15, 0.2) is 0 Å². The molecule has 2 heteroatoms. The monoisotopic (exact) mass is 220 g/mol. The molecular formula is C14H24N2. The van der Waals surface area contributed by atoms with Gasteiger partial charge >= 0.3 is 0 Å². The highest BCUT2D eigenvalue weighted by Gasteiger charge is 2.18. The van der Waals surface area contributed by atoms with E-state index in [2.05, 4.69) is 56.9 Å². The van der Waals surface area contributed by atoms with Crippen LogP contribution in [0.3, 0.4) is 0 Å². The standard InChI is InChI=1S/C14H24N2/c1-5-16(13(4)12(3)10-15)14-8-6-7-11(2)9-14/h6-9,12-13H,5,10,15H2,1-4H3. The molecule has 2 atom stereocenters. The number of anilines is 1. The number of hydrogen-bond donors (Lipinski definition) is 1. The smallest absolute Gasteiger partial charge is 0.0371 e. The molecule has 0 aromatic heterocycles. The Morgan fingerprint density at radius 3 is 2.50 bits per heavy atom. The van der Waals surface area contributed by atoms with Crippen LogP contribution in [0.15, 0.2) is 24.3 Å². The Hall–Kier alpha value is -1.02. The van der Waals surface area contributed by atoms with Gasteiger partial charge in [-0.2, -0.15) is 0 Å². The Labute approximate surface area is 99.5 Å². The molecule has 16 heavy (non-hydrogen) atoms. The second kappa shape index (κ2) is 5.90. The molecule has 2 nitrogen and oxygen atoms in total. The number of rotatable bonds is 5. The highest BCUT2D eigenvalue weighted by molar-refractivity contribution is 5.49. The highest BCUT2D eigenvalue weighted by Crippen LogP contribution is 2.21. The summed E-state index contributed by atoms with van der Waals surface area (Å²) in [5.41, 5.74) is 8.36. The molecular weight excluding hydrogens is 196 g/mol. The molecule has 1 rings (SSSR count). The maximum Gasteiger partial charge on any atom is 0.0371 e. The van der Waals surface area contributed by atoms with Gasteiger partial charge in [-0.1, -0.05) is 19.1 Å². The van der Waals surface area contributed by atoms with E-state index in [-0.39, 0.29) is 0 Å². The molecule has 1 aromatic carbocycles. The SMILES string of the molecule is CCN(c1cccc(C)c1)C(C)C(C)CN. The van der Waals surface area contributed by atoms with Crippen molar-refractivity contribution in [3.63, 3.8) is 0 Å². The topological polar surface area (TPSA) is 29.3 Å². The fourth-order valence-corrected chi connectivity index (χ4v) is 2.02. The third kappa shape index (κ3) is 2.99. The van der Waals surface area contributed by atoms with Crippen LogP contribution >= 0.6 is 0 Å². The van der Waals surface area contributed by atoms with Crippen LogP contribution in [0.2, 0.25) is 0 Å². The third-order valence-electron chi connectivity index (χ3n) is 3.36. The summed E-state index contributed by atoms with van der Waals surface area (Å²) in [4.78, 5) is 2.42. The normalized spacial score (nSPS) is 14.6. The maximum absolute atomic E-state index is 5.75. The van der Waals surface area contributed by atoms with E-state index in [0.717, 1.165) is 13.1 Å². The van der Waals surface area contributed by atoms with Gasteiger partial charge in [-0.05, 0) is 50.9 Å². The largest absolute Gasteiger partial charge is 0.369 e. The minimum atomic E-state index is 0.483. The first kappa shape index (κ1) is 13.0. The number of nitrogens with two attached hydrogens (primary N) is 1. The van der Waals surface area contributed by atoms with Gasteiger partial charge in [0.1, 0.15) is 0 Å². The van der Waals surface area contributed by atoms with E-state index in [4.69, 9.17) is 5.73 Å². The average Bonchev–Trinajstić information content (AvgIpc) is 2.29. The quantitative estimate of drug-likeness (QED) is 0.826. The summed E-state index contributed by atoms with van der Waals surface area (Å²) in [5.74, 6) is 0.514. The van der Waals surface area contributed by atoms with Crippen LogP contribution in [0, 0.1) is 12.8 Å². The van der Waals surface area contributed by atoms with Crippen LogP contribution in [0.25, 0.3) is 0 Å². The zero-order valence-corrected chi connectivity index (χ0v) is 10.9. The molecule has 0 saturated heterocycles. The van der Waals surface area contributed by atoms with Crippen molar-refractivity contribution in [3.8, 4) is 0 Å². The van der Waals surface area contributed by atoms with E-state index in [1.165, 1.54) is 11.3 Å². The minimum Gasteiger partial charge on any atom is -0.369 e. The lowest BCUT2D eigenvalue weighted by atomic mass is 10.0. The van der Waals surface area contributed by atoms with E-state index in [1.807, 2.05) is 0 Å². The predicted molar refractivity (Wildman–Crippen MR) is 71.9 cm³/mol. The van der Waals surface area contributed by atoms with Crippen molar-refractivity contribution in [3.05, 3.63) is 29.8 Å². The molecule has 0 saturated carbocycles. The first-order chi connectivity index (χ1) is 7.60. The summed E-state index contributed by atoms with van der Waals surface area (Å²) in [6, 6.07) is 9.15. The fraction of sp³-hybridized carbons (Fsp3) is 0.571. The third-order valence-corrected chi connectivity index (χ3v) is 3.36. The lowest BCUT2D eigenvalue weighted by Gasteiger charge is -2.34. The number of benzene rings is 1. The molecule has 90 valence electrons. The molecule has 0 radical (unpaired) electrons. The van der Waals surface area contributed by atoms with Gasteiger partial charge in [0.2, 0.25) is 0 Å². The maximum atomic E-state index is 5.75. The zero-order chi connectivity index (χ0) is 12.1. The zero-order valence-electron chi connectivity index (χ0n) is 10.9. The van der Waals surface area contributed by atoms with Crippen molar-refractivity contribution in [2.24, 2.45) is 11.7 Å². The van der Waals surface area contributed by atoms with Crippen LogP contribution in [-0.2, 0) is 0 Å². The second-order valence-corrected chi connectivity index (χ2v) is 4.58. The number of hydrogen-bond acceptors (Lipinski definition) is 2. The fourth-order valence-electron chi connectivity index (χ4n) is 2.02.